The number of anilines is 1. The van der Waals surface area contributed by atoms with Gasteiger partial charge in [-0.3, -0.25) is 24.3 Å². The predicted octanol–water partition coefficient (Wildman–Crippen LogP) is 4.14. The molecule has 164 valence electrons. The largest absolute Gasteiger partial charge is 0.325 e. The molecule has 8 nitrogen and oxygen atoms in total. The van der Waals surface area contributed by atoms with Gasteiger partial charge in [-0.05, 0) is 43.2 Å². The van der Waals surface area contributed by atoms with Gasteiger partial charge in [-0.25, -0.2) is 4.98 Å². The van der Waals surface area contributed by atoms with Crippen molar-refractivity contribution in [2.45, 2.75) is 30.3 Å². The number of aryl methyl sites for hydroxylation is 3. The van der Waals surface area contributed by atoms with Crippen LogP contribution in [-0.4, -0.2) is 31.9 Å². The number of fused-ring (bicyclic) bond motifs is 1. The summed E-state index contributed by atoms with van der Waals surface area (Å²) in [7, 11) is 0. The van der Waals surface area contributed by atoms with Gasteiger partial charge in [-0.1, -0.05) is 23.9 Å². The molecule has 0 spiro atoms. The number of hydrogen-bond donors (Lipinski definition) is 1. The van der Waals surface area contributed by atoms with E-state index < -0.39 is 4.92 Å². The van der Waals surface area contributed by atoms with Crippen LogP contribution in [0.15, 0.2) is 57.3 Å². The zero-order valence-electron chi connectivity index (χ0n) is 17.5. The average Bonchev–Trinajstić information content (AvgIpc) is 3.24. The monoisotopic (exact) mass is 468 g/mol. The number of amides is 1. The zero-order valence-corrected chi connectivity index (χ0v) is 19.1. The first kappa shape index (κ1) is 22.1. The van der Waals surface area contributed by atoms with Gasteiger partial charge < -0.3 is 5.32 Å². The van der Waals surface area contributed by atoms with E-state index in [1.807, 2.05) is 32.0 Å². The van der Waals surface area contributed by atoms with Crippen molar-refractivity contribution < 1.29 is 9.72 Å². The first-order chi connectivity index (χ1) is 15.3. The van der Waals surface area contributed by atoms with Crippen molar-refractivity contribution in [1.82, 2.24) is 9.55 Å². The van der Waals surface area contributed by atoms with Crippen LogP contribution in [0.4, 0.5) is 11.4 Å². The number of hydrogen-bond acceptors (Lipinski definition) is 7. The normalized spacial score (nSPS) is 12.4. The number of nitro benzene ring substituents is 1. The van der Waals surface area contributed by atoms with E-state index in [4.69, 9.17) is 0 Å². The Labute approximate surface area is 192 Å². The van der Waals surface area contributed by atoms with Gasteiger partial charge in [0.05, 0.1) is 27.0 Å². The Hall–Kier alpha value is -3.11. The summed E-state index contributed by atoms with van der Waals surface area (Å²) in [6.45, 7) is 3.88. The van der Waals surface area contributed by atoms with E-state index in [1.165, 1.54) is 52.4 Å². The van der Waals surface area contributed by atoms with Crippen molar-refractivity contribution in [3.63, 3.8) is 0 Å². The Morgan fingerprint density at radius 1 is 1.25 bits per heavy atom. The number of non-ortho nitro benzene ring substituents is 1. The molecule has 1 N–H and O–H groups in total. The van der Waals surface area contributed by atoms with Gasteiger partial charge in [0, 0.05) is 30.0 Å². The van der Waals surface area contributed by atoms with Gasteiger partial charge in [0.1, 0.15) is 0 Å². The van der Waals surface area contributed by atoms with Crippen LogP contribution in [-0.2, 0) is 11.2 Å². The Morgan fingerprint density at radius 3 is 2.72 bits per heavy atom. The number of nitrogens with zero attached hydrogens (tertiary/aromatic N) is 3. The van der Waals surface area contributed by atoms with Gasteiger partial charge in [0.25, 0.3) is 11.2 Å². The minimum absolute atomic E-state index is 0.0626. The third kappa shape index (κ3) is 4.56. The van der Waals surface area contributed by atoms with Crippen LogP contribution in [0.2, 0.25) is 0 Å². The maximum atomic E-state index is 13.2. The van der Waals surface area contributed by atoms with E-state index in [-0.39, 0.29) is 22.9 Å². The topological polar surface area (TPSA) is 107 Å². The van der Waals surface area contributed by atoms with E-state index in [2.05, 4.69) is 10.3 Å². The van der Waals surface area contributed by atoms with Crippen LogP contribution >= 0.6 is 23.5 Å². The number of rotatable bonds is 6. The average molecular weight is 469 g/mol. The number of nitro groups is 1. The summed E-state index contributed by atoms with van der Waals surface area (Å²) in [4.78, 5) is 41.5. The maximum Gasteiger partial charge on any atom is 0.272 e. The molecule has 32 heavy (non-hydrogen) atoms. The minimum Gasteiger partial charge on any atom is -0.325 e. The highest BCUT2D eigenvalue weighted by molar-refractivity contribution is 8.00. The fraction of sp³-hybridized carbons (Fsp3) is 0.227. The molecule has 2 heterocycles. The van der Waals surface area contributed by atoms with Crippen LogP contribution in [0.1, 0.15) is 16.8 Å². The SMILES string of the molecule is Cc1ccc(C)c(NC(=O)CSc2nc3c(c(=O)n2-c2ccc([N+](=O)[O-])cc2)SCC3)c1. The van der Waals surface area contributed by atoms with Gasteiger partial charge >= 0.3 is 0 Å². The number of aromatic nitrogens is 2. The van der Waals surface area contributed by atoms with E-state index in [0.717, 1.165) is 28.3 Å². The highest BCUT2D eigenvalue weighted by Crippen LogP contribution is 2.30. The molecule has 0 saturated carbocycles. The second kappa shape index (κ2) is 9.17. The molecule has 0 atom stereocenters. The molecule has 1 aliphatic heterocycles. The highest BCUT2D eigenvalue weighted by atomic mass is 32.2. The number of carbonyl (C=O) groups excluding carboxylic acids is 1. The van der Waals surface area contributed by atoms with Gasteiger partial charge in [-0.2, -0.15) is 0 Å². The van der Waals surface area contributed by atoms with E-state index in [0.29, 0.717) is 22.2 Å². The quantitative estimate of drug-likeness (QED) is 0.251. The predicted molar refractivity (Wildman–Crippen MR) is 126 cm³/mol. The smallest absolute Gasteiger partial charge is 0.272 e. The van der Waals surface area contributed by atoms with Crippen LogP contribution in [0.3, 0.4) is 0 Å². The molecule has 2 aromatic carbocycles. The van der Waals surface area contributed by atoms with Crippen LogP contribution in [0.5, 0.6) is 0 Å². The number of benzene rings is 2. The molecule has 4 rings (SSSR count). The van der Waals surface area contributed by atoms with Crippen molar-refractivity contribution in [3.8, 4) is 5.69 Å². The highest BCUT2D eigenvalue weighted by Gasteiger charge is 2.23. The Morgan fingerprint density at radius 2 is 2.00 bits per heavy atom. The summed E-state index contributed by atoms with van der Waals surface area (Å²) in [5, 5.41) is 14.3. The fourth-order valence-corrected chi connectivity index (χ4v) is 5.18. The zero-order chi connectivity index (χ0) is 22.8. The lowest BCUT2D eigenvalue weighted by Crippen LogP contribution is -2.24. The molecule has 0 bridgehead atoms. The van der Waals surface area contributed by atoms with Crippen molar-refractivity contribution in [2.24, 2.45) is 0 Å². The second-order valence-corrected chi connectivity index (χ2v) is 9.39. The first-order valence-electron chi connectivity index (χ1n) is 9.87. The van der Waals surface area contributed by atoms with Crippen LogP contribution < -0.4 is 10.9 Å². The van der Waals surface area contributed by atoms with Gasteiger partial charge in [0.15, 0.2) is 5.16 Å². The standard InChI is InChI=1S/C22H20N4O4S2/c1-13-3-4-14(2)18(11-13)23-19(27)12-32-22-24-17-9-10-31-20(17)21(28)25(22)15-5-7-16(8-6-15)26(29)30/h3-8,11H,9-10,12H2,1-2H3,(H,23,27). The molecule has 1 amide bonds. The van der Waals surface area contributed by atoms with Crippen molar-refractivity contribution in [3.05, 3.63) is 79.8 Å². The molecule has 0 radical (unpaired) electrons. The summed E-state index contributed by atoms with van der Waals surface area (Å²) >= 11 is 2.62. The van der Waals surface area contributed by atoms with Crippen molar-refractivity contribution in [1.29, 1.82) is 0 Å². The molecular weight excluding hydrogens is 448 g/mol. The molecule has 0 unspecified atom stereocenters. The maximum absolute atomic E-state index is 13.2. The van der Waals surface area contributed by atoms with E-state index in [9.17, 15) is 19.7 Å². The summed E-state index contributed by atoms with van der Waals surface area (Å²) in [6, 6.07) is 11.6. The molecule has 3 aromatic rings. The number of thioether (sulfide) groups is 2. The molecule has 1 aromatic heterocycles. The van der Waals surface area contributed by atoms with Gasteiger partial charge in [-0.15, -0.1) is 11.8 Å². The number of carbonyl (C=O) groups is 1. The Balaban J connectivity index is 1.62. The fourth-order valence-electron chi connectivity index (χ4n) is 3.33. The molecule has 0 aliphatic carbocycles. The van der Waals surface area contributed by atoms with Crippen molar-refractivity contribution >= 4 is 40.8 Å². The van der Waals surface area contributed by atoms with Crippen molar-refractivity contribution in [2.75, 3.05) is 16.8 Å². The second-order valence-electron chi connectivity index (χ2n) is 7.34. The summed E-state index contributed by atoms with van der Waals surface area (Å²) in [5.74, 6) is 0.640. The lowest BCUT2D eigenvalue weighted by atomic mass is 10.1. The Bertz CT molecular complexity index is 1270. The molecule has 10 heteroatoms. The van der Waals surface area contributed by atoms with Gasteiger partial charge in [0.2, 0.25) is 5.91 Å². The lowest BCUT2D eigenvalue weighted by molar-refractivity contribution is -0.384. The van der Waals surface area contributed by atoms with E-state index in [1.54, 1.807) is 0 Å². The Kier molecular flexibility index (Phi) is 6.33. The van der Waals surface area contributed by atoms with Crippen LogP contribution in [0.25, 0.3) is 5.69 Å². The van der Waals surface area contributed by atoms with E-state index >= 15 is 0 Å². The molecule has 0 fully saturated rings. The molecular formula is C22H20N4O4S2. The summed E-state index contributed by atoms with van der Waals surface area (Å²) < 4.78 is 1.43. The third-order valence-corrected chi connectivity index (χ3v) is 7.03. The minimum atomic E-state index is -0.489. The molecule has 1 aliphatic rings. The first-order valence-corrected chi connectivity index (χ1v) is 11.8. The summed E-state index contributed by atoms with van der Waals surface area (Å²) in [5.41, 5.74) is 3.68. The number of nitrogens with one attached hydrogen (secondary N) is 1. The third-order valence-electron chi connectivity index (χ3n) is 4.98. The summed E-state index contributed by atoms with van der Waals surface area (Å²) in [6.07, 6.45) is 0.693. The van der Waals surface area contributed by atoms with Crippen LogP contribution in [0, 0.1) is 24.0 Å². The molecule has 0 saturated heterocycles. The lowest BCUT2D eigenvalue weighted by Gasteiger charge is -2.14.